The van der Waals surface area contributed by atoms with Crippen molar-refractivity contribution < 1.29 is 23.8 Å². The van der Waals surface area contributed by atoms with Crippen molar-refractivity contribution in [1.29, 1.82) is 0 Å². The fourth-order valence-electron chi connectivity index (χ4n) is 2.00. The molecule has 0 radical (unpaired) electrons. The number of carbonyl (C=O) groups is 2. The lowest BCUT2D eigenvalue weighted by Crippen LogP contribution is -2.27. The maximum atomic E-state index is 12.1. The predicted octanol–water partition coefficient (Wildman–Crippen LogP) is 2.89. The molecule has 0 bridgehead atoms. The van der Waals surface area contributed by atoms with Gasteiger partial charge in [0.1, 0.15) is 0 Å². The van der Waals surface area contributed by atoms with E-state index in [0.29, 0.717) is 17.1 Å². The molecule has 0 fully saturated rings. The van der Waals surface area contributed by atoms with E-state index in [2.05, 4.69) is 0 Å². The number of Topliss-reactive ketones (excluding diaryl/α,β-unsaturated/α-hetero) is 1. The molecule has 5 heteroatoms. The highest BCUT2D eigenvalue weighted by Crippen LogP contribution is 2.25. The van der Waals surface area contributed by atoms with Gasteiger partial charge in [-0.1, -0.05) is 42.5 Å². The second-order valence-electron chi connectivity index (χ2n) is 4.80. The average molecular weight is 314 g/mol. The third kappa shape index (κ3) is 4.57. The van der Waals surface area contributed by atoms with E-state index in [9.17, 15) is 9.59 Å². The Bertz CT molecular complexity index is 666. The van der Waals surface area contributed by atoms with Crippen LogP contribution in [0, 0.1) is 0 Å². The molecule has 1 unspecified atom stereocenters. The van der Waals surface area contributed by atoms with Gasteiger partial charge in [-0.3, -0.25) is 4.79 Å². The van der Waals surface area contributed by atoms with Gasteiger partial charge in [-0.25, -0.2) is 4.79 Å². The third-order valence-corrected chi connectivity index (χ3v) is 3.15. The van der Waals surface area contributed by atoms with Crippen molar-refractivity contribution in [2.24, 2.45) is 0 Å². The van der Waals surface area contributed by atoms with Crippen molar-refractivity contribution in [3.8, 4) is 11.5 Å². The van der Waals surface area contributed by atoms with E-state index in [1.54, 1.807) is 48.5 Å². The number of ketones is 1. The first-order chi connectivity index (χ1) is 11.1. The van der Waals surface area contributed by atoms with Crippen molar-refractivity contribution in [3.05, 3.63) is 60.2 Å². The second-order valence-corrected chi connectivity index (χ2v) is 4.80. The molecule has 0 aliphatic rings. The Kier molecular flexibility index (Phi) is 5.74. The maximum absolute atomic E-state index is 12.1. The minimum Gasteiger partial charge on any atom is -0.493 e. The van der Waals surface area contributed by atoms with Gasteiger partial charge in [0.25, 0.3) is 0 Å². The van der Waals surface area contributed by atoms with Crippen molar-refractivity contribution in [2.75, 3.05) is 13.7 Å². The number of rotatable bonds is 7. The number of hydrogen-bond acceptors (Lipinski definition) is 5. The Labute approximate surface area is 134 Å². The SMILES string of the molecule is COc1ccccc1OCC(=O)OC(C)C(=O)c1ccccc1. The van der Waals surface area contributed by atoms with Gasteiger partial charge in [-0.05, 0) is 19.1 Å². The summed E-state index contributed by atoms with van der Waals surface area (Å²) >= 11 is 0. The largest absolute Gasteiger partial charge is 0.493 e. The number of hydrogen-bond donors (Lipinski definition) is 0. The molecule has 0 saturated heterocycles. The summed E-state index contributed by atoms with van der Waals surface area (Å²) in [6.07, 6.45) is -0.869. The molecule has 23 heavy (non-hydrogen) atoms. The molecule has 0 amide bonds. The Morgan fingerprint density at radius 1 is 0.957 bits per heavy atom. The lowest BCUT2D eigenvalue weighted by Gasteiger charge is -2.13. The number of benzene rings is 2. The van der Waals surface area contributed by atoms with Gasteiger partial charge in [-0.15, -0.1) is 0 Å². The standard InChI is InChI=1S/C18H18O5/c1-13(18(20)14-8-4-3-5-9-14)23-17(19)12-22-16-11-7-6-10-15(16)21-2/h3-11,13H,12H2,1-2H3. The number of ether oxygens (including phenoxy) is 3. The molecule has 1 atom stereocenters. The van der Waals surface area contributed by atoms with Gasteiger partial charge in [0.2, 0.25) is 5.78 Å². The van der Waals surface area contributed by atoms with Crippen LogP contribution in [0.25, 0.3) is 0 Å². The third-order valence-electron chi connectivity index (χ3n) is 3.15. The van der Waals surface area contributed by atoms with Gasteiger partial charge in [0.05, 0.1) is 7.11 Å². The normalized spacial score (nSPS) is 11.4. The number of carbonyl (C=O) groups excluding carboxylic acids is 2. The van der Waals surface area contributed by atoms with E-state index in [0.717, 1.165) is 0 Å². The monoisotopic (exact) mass is 314 g/mol. The predicted molar refractivity (Wildman–Crippen MR) is 84.8 cm³/mol. The van der Waals surface area contributed by atoms with Crippen LogP contribution in [0.15, 0.2) is 54.6 Å². The maximum Gasteiger partial charge on any atom is 0.344 e. The van der Waals surface area contributed by atoms with Gasteiger partial charge < -0.3 is 14.2 Å². The Morgan fingerprint density at radius 3 is 2.22 bits per heavy atom. The molecule has 2 aromatic rings. The first-order valence-electron chi connectivity index (χ1n) is 7.16. The van der Waals surface area contributed by atoms with Crippen LogP contribution in [0.4, 0.5) is 0 Å². The van der Waals surface area contributed by atoms with E-state index in [1.807, 2.05) is 6.07 Å². The summed E-state index contributed by atoms with van der Waals surface area (Å²) in [6, 6.07) is 15.7. The average Bonchev–Trinajstić information content (AvgIpc) is 2.60. The topological polar surface area (TPSA) is 61.8 Å². The minimum absolute atomic E-state index is 0.253. The fraction of sp³-hybridized carbons (Fsp3) is 0.222. The van der Waals surface area contributed by atoms with Crippen LogP contribution in [0.3, 0.4) is 0 Å². The van der Waals surface area contributed by atoms with Crippen LogP contribution in [0.2, 0.25) is 0 Å². The molecular weight excluding hydrogens is 296 g/mol. The molecule has 120 valence electrons. The first-order valence-corrected chi connectivity index (χ1v) is 7.16. The first kappa shape index (κ1) is 16.5. The van der Waals surface area contributed by atoms with Gasteiger partial charge >= 0.3 is 5.97 Å². The van der Waals surface area contributed by atoms with Crippen LogP contribution in [0.5, 0.6) is 11.5 Å². The zero-order valence-electron chi connectivity index (χ0n) is 13.0. The Balaban J connectivity index is 1.88. The summed E-state index contributed by atoms with van der Waals surface area (Å²) in [5.74, 6) is 0.0895. The Hall–Kier alpha value is -2.82. The fourth-order valence-corrected chi connectivity index (χ4v) is 2.00. The highest BCUT2D eigenvalue weighted by molar-refractivity contribution is 6.00. The molecule has 0 N–H and O–H groups in total. The Morgan fingerprint density at radius 2 is 1.57 bits per heavy atom. The van der Waals surface area contributed by atoms with Crippen LogP contribution in [-0.2, 0) is 9.53 Å². The molecule has 0 spiro atoms. The lowest BCUT2D eigenvalue weighted by atomic mass is 10.1. The van der Waals surface area contributed by atoms with Gasteiger partial charge in [-0.2, -0.15) is 0 Å². The molecule has 0 aliphatic carbocycles. The summed E-state index contributed by atoms with van der Waals surface area (Å²) in [4.78, 5) is 23.9. The molecule has 0 aliphatic heterocycles. The zero-order chi connectivity index (χ0) is 16.7. The summed E-state index contributed by atoms with van der Waals surface area (Å²) < 4.78 is 15.6. The quantitative estimate of drug-likeness (QED) is 0.581. The van der Waals surface area contributed by atoms with Crippen molar-refractivity contribution >= 4 is 11.8 Å². The van der Waals surface area contributed by atoms with Crippen molar-refractivity contribution in [3.63, 3.8) is 0 Å². The molecule has 0 aromatic heterocycles. The van der Waals surface area contributed by atoms with Crippen LogP contribution in [-0.4, -0.2) is 31.6 Å². The molecule has 2 rings (SSSR count). The van der Waals surface area contributed by atoms with Crippen molar-refractivity contribution in [1.82, 2.24) is 0 Å². The minimum atomic E-state index is -0.869. The number of methoxy groups -OCH3 is 1. The summed E-state index contributed by atoms with van der Waals surface area (Å²) in [7, 11) is 1.51. The van der Waals surface area contributed by atoms with Gasteiger partial charge in [0, 0.05) is 5.56 Å². The smallest absolute Gasteiger partial charge is 0.344 e. The van der Waals surface area contributed by atoms with E-state index in [1.165, 1.54) is 14.0 Å². The highest BCUT2D eigenvalue weighted by atomic mass is 16.6. The molecule has 5 nitrogen and oxygen atoms in total. The summed E-state index contributed by atoms with van der Waals surface area (Å²) in [5.41, 5.74) is 0.499. The van der Waals surface area contributed by atoms with Crippen LogP contribution >= 0.6 is 0 Å². The van der Waals surface area contributed by atoms with E-state index >= 15 is 0 Å². The summed E-state index contributed by atoms with van der Waals surface area (Å²) in [5, 5.41) is 0. The molecule has 0 saturated carbocycles. The molecular formula is C18H18O5. The lowest BCUT2D eigenvalue weighted by molar-refractivity contribution is -0.148. The van der Waals surface area contributed by atoms with Crippen LogP contribution < -0.4 is 9.47 Å². The van der Waals surface area contributed by atoms with Gasteiger partial charge in [0.15, 0.2) is 24.2 Å². The second kappa shape index (κ2) is 7.98. The molecule has 2 aromatic carbocycles. The highest BCUT2D eigenvalue weighted by Gasteiger charge is 2.19. The number of esters is 1. The summed E-state index contributed by atoms with van der Waals surface area (Å²) in [6.45, 7) is 1.24. The molecule has 0 heterocycles. The zero-order valence-corrected chi connectivity index (χ0v) is 13.0. The van der Waals surface area contributed by atoms with E-state index < -0.39 is 12.1 Å². The van der Waals surface area contributed by atoms with Crippen molar-refractivity contribution in [2.45, 2.75) is 13.0 Å². The van der Waals surface area contributed by atoms with E-state index in [-0.39, 0.29) is 12.4 Å². The van der Waals surface area contributed by atoms with E-state index in [4.69, 9.17) is 14.2 Å². The number of para-hydroxylation sites is 2. The van der Waals surface area contributed by atoms with Crippen LogP contribution in [0.1, 0.15) is 17.3 Å².